The maximum absolute atomic E-state index is 13.0. The molecular weight excluding hydrogens is 444 g/mol. The normalized spacial score (nSPS) is 14.5. The molecule has 0 aliphatic carbocycles. The van der Waals surface area contributed by atoms with Gasteiger partial charge in [-0.3, -0.25) is 29.5 Å². The Hall–Kier alpha value is -4.74. The van der Waals surface area contributed by atoms with Gasteiger partial charge in [0.15, 0.2) is 0 Å². The van der Waals surface area contributed by atoms with Gasteiger partial charge in [-0.15, -0.1) is 0 Å². The molecule has 0 fully saturated rings. The third kappa shape index (κ3) is 4.41. The maximum atomic E-state index is 13.0. The van der Waals surface area contributed by atoms with Crippen molar-refractivity contribution in [3.05, 3.63) is 74.1 Å². The summed E-state index contributed by atoms with van der Waals surface area (Å²) in [6.07, 6.45) is -0.281. The van der Waals surface area contributed by atoms with Gasteiger partial charge in [-0.2, -0.15) is 4.98 Å². The fraction of sp³-hybridized carbons (Fsp3) is 0.182. The van der Waals surface area contributed by atoms with Crippen molar-refractivity contribution in [3.8, 4) is 5.75 Å². The van der Waals surface area contributed by atoms with Crippen molar-refractivity contribution >= 4 is 40.6 Å². The largest absolute Gasteiger partial charge is 0.495 e. The van der Waals surface area contributed by atoms with Crippen molar-refractivity contribution in [2.75, 3.05) is 23.1 Å². The Bertz CT molecular complexity index is 1370. The highest BCUT2D eigenvalue weighted by molar-refractivity contribution is 6.04. The number of ether oxygens (including phenoxy) is 1. The zero-order valence-electron chi connectivity index (χ0n) is 18.2. The second-order valence-electron chi connectivity index (χ2n) is 7.55. The molecule has 2 aromatic carbocycles. The minimum atomic E-state index is -1.14. The number of carbonyl (C=O) groups excluding carboxylic acids is 2. The monoisotopic (exact) mass is 464 g/mol. The molecule has 2 amide bonds. The number of nitro benzene ring substituents is 1. The first-order valence-electron chi connectivity index (χ1n) is 10.2. The van der Waals surface area contributed by atoms with Crippen LogP contribution in [0, 0.1) is 17.0 Å². The predicted molar refractivity (Wildman–Crippen MR) is 124 cm³/mol. The fourth-order valence-electron chi connectivity index (χ4n) is 3.64. The molecule has 0 saturated heterocycles. The van der Waals surface area contributed by atoms with Gasteiger partial charge in [0.25, 0.3) is 11.2 Å². The Morgan fingerprint density at radius 2 is 2.00 bits per heavy atom. The van der Waals surface area contributed by atoms with Crippen molar-refractivity contribution in [1.82, 2.24) is 9.97 Å². The van der Waals surface area contributed by atoms with E-state index in [0.29, 0.717) is 17.0 Å². The average molecular weight is 464 g/mol. The van der Waals surface area contributed by atoms with Gasteiger partial charge >= 0.3 is 0 Å². The maximum Gasteiger partial charge on any atom is 0.274 e. The zero-order chi connectivity index (χ0) is 24.4. The van der Waals surface area contributed by atoms with E-state index in [9.17, 15) is 24.5 Å². The van der Waals surface area contributed by atoms with E-state index in [4.69, 9.17) is 4.74 Å². The highest BCUT2D eigenvalue weighted by Gasteiger charge is 2.35. The smallest absolute Gasteiger partial charge is 0.274 e. The topological polar surface area (TPSA) is 168 Å². The van der Waals surface area contributed by atoms with Gasteiger partial charge in [0.05, 0.1) is 29.2 Å². The number of anilines is 4. The summed E-state index contributed by atoms with van der Waals surface area (Å²) in [5.74, 6) is -1.79. The summed E-state index contributed by atoms with van der Waals surface area (Å²) in [6.45, 7) is 1.58. The van der Waals surface area contributed by atoms with Crippen LogP contribution in [0.2, 0.25) is 0 Å². The van der Waals surface area contributed by atoms with Crippen LogP contribution < -0.4 is 26.2 Å². The number of hydrogen-bond donors (Lipinski definition) is 4. The number of rotatable bonds is 6. The van der Waals surface area contributed by atoms with Gasteiger partial charge in [-0.1, -0.05) is 18.2 Å². The quantitative estimate of drug-likeness (QED) is 0.319. The van der Waals surface area contributed by atoms with E-state index in [1.807, 2.05) is 0 Å². The molecule has 4 N–H and O–H groups in total. The molecule has 12 nitrogen and oxygen atoms in total. The molecule has 34 heavy (non-hydrogen) atoms. The van der Waals surface area contributed by atoms with Crippen molar-refractivity contribution in [2.24, 2.45) is 0 Å². The number of H-pyrrole nitrogens is 1. The molecule has 1 aliphatic heterocycles. The van der Waals surface area contributed by atoms with Crippen LogP contribution in [0.5, 0.6) is 5.75 Å². The van der Waals surface area contributed by atoms with Crippen LogP contribution in [-0.2, 0) is 9.59 Å². The lowest BCUT2D eigenvalue weighted by molar-refractivity contribution is -0.385. The molecule has 1 aliphatic rings. The molecule has 1 atom stereocenters. The van der Waals surface area contributed by atoms with Crippen molar-refractivity contribution in [2.45, 2.75) is 19.3 Å². The van der Waals surface area contributed by atoms with E-state index in [2.05, 4.69) is 25.9 Å². The van der Waals surface area contributed by atoms with Crippen LogP contribution in [0.15, 0.2) is 47.3 Å². The number of benzene rings is 2. The minimum absolute atomic E-state index is 0.00992. The molecule has 4 rings (SSSR count). The minimum Gasteiger partial charge on any atom is -0.495 e. The molecule has 174 valence electrons. The molecule has 0 radical (unpaired) electrons. The summed E-state index contributed by atoms with van der Waals surface area (Å²) in [6, 6.07) is 11.2. The standard InChI is InChI=1S/C22H20N6O6/c1-11-7-8-12(9-15(11)28(32)33)23-20(30)13-10-17(29)25-19-18(13)21(31)27-22(26-19)24-14-5-3-4-6-16(14)34-2/h3-9,13H,10H2,1-2H3,(H,23,30)(H3,24,25,26,27,29,31)/t13-/m0/s1. The number of nitrogens with one attached hydrogen (secondary N) is 4. The summed E-state index contributed by atoms with van der Waals surface area (Å²) < 4.78 is 5.27. The van der Waals surface area contributed by atoms with Crippen LogP contribution in [0.1, 0.15) is 23.5 Å². The highest BCUT2D eigenvalue weighted by atomic mass is 16.6. The molecule has 12 heteroatoms. The summed E-state index contributed by atoms with van der Waals surface area (Å²) >= 11 is 0. The number of nitrogens with zero attached hydrogens (tertiary/aromatic N) is 2. The first-order chi connectivity index (χ1) is 16.3. The first-order valence-corrected chi connectivity index (χ1v) is 10.2. The number of aromatic amines is 1. The van der Waals surface area contributed by atoms with Crippen LogP contribution in [0.25, 0.3) is 0 Å². The second kappa shape index (κ2) is 9.02. The van der Waals surface area contributed by atoms with Gasteiger partial charge in [0, 0.05) is 23.7 Å². The SMILES string of the molecule is COc1ccccc1Nc1nc2c(c(=O)[nH]1)[C@@H](C(=O)Nc1ccc(C)c([N+](=O)[O-])c1)CC(=O)N2. The van der Waals surface area contributed by atoms with Gasteiger partial charge in [-0.25, -0.2) is 0 Å². The summed E-state index contributed by atoms with van der Waals surface area (Å²) in [7, 11) is 1.50. The van der Waals surface area contributed by atoms with Gasteiger partial charge in [-0.05, 0) is 25.1 Å². The Labute approximate surface area is 192 Å². The van der Waals surface area contributed by atoms with E-state index < -0.39 is 28.2 Å². The third-order valence-corrected chi connectivity index (χ3v) is 5.30. The molecule has 0 unspecified atom stereocenters. The fourth-order valence-corrected chi connectivity index (χ4v) is 3.64. The number of hydrogen-bond acceptors (Lipinski definition) is 8. The van der Waals surface area contributed by atoms with E-state index in [-0.39, 0.29) is 35.1 Å². The zero-order valence-corrected chi connectivity index (χ0v) is 18.2. The average Bonchev–Trinajstić information content (AvgIpc) is 2.79. The second-order valence-corrected chi connectivity index (χ2v) is 7.55. The number of amides is 2. The summed E-state index contributed by atoms with van der Waals surface area (Å²) in [5, 5.41) is 19.2. The summed E-state index contributed by atoms with van der Waals surface area (Å²) in [4.78, 5) is 55.6. The Balaban J connectivity index is 1.64. The van der Waals surface area contributed by atoms with Crippen molar-refractivity contribution in [1.29, 1.82) is 0 Å². The van der Waals surface area contributed by atoms with E-state index in [0.717, 1.165) is 0 Å². The highest BCUT2D eigenvalue weighted by Crippen LogP contribution is 2.32. The van der Waals surface area contributed by atoms with Crippen LogP contribution in [0.3, 0.4) is 0 Å². The Morgan fingerprint density at radius 3 is 2.74 bits per heavy atom. The van der Waals surface area contributed by atoms with Crippen LogP contribution >= 0.6 is 0 Å². The van der Waals surface area contributed by atoms with E-state index >= 15 is 0 Å². The van der Waals surface area contributed by atoms with E-state index in [1.165, 1.54) is 25.3 Å². The number of aryl methyl sites for hydroxylation is 1. The number of methoxy groups -OCH3 is 1. The number of nitro groups is 1. The first kappa shape index (κ1) is 22.5. The molecule has 0 bridgehead atoms. The van der Waals surface area contributed by atoms with Gasteiger partial charge in [0.1, 0.15) is 11.6 Å². The molecule has 0 saturated carbocycles. The Morgan fingerprint density at radius 1 is 1.24 bits per heavy atom. The predicted octanol–water partition coefficient (Wildman–Crippen LogP) is 2.80. The number of aromatic nitrogens is 2. The molecular formula is C22H20N6O6. The molecule has 2 heterocycles. The Kier molecular flexibility index (Phi) is 5.95. The van der Waals surface area contributed by atoms with Crippen molar-refractivity contribution < 1.29 is 19.2 Å². The number of para-hydroxylation sites is 2. The van der Waals surface area contributed by atoms with Crippen LogP contribution in [0.4, 0.5) is 28.8 Å². The molecule has 1 aromatic heterocycles. The lowest BCUT2D eigenvalue weighted by atomic mass is 9.92. The van der Waals surface area contributed by atoms with E-state index in [1.54, 1.807) is 31.2 Å². The lowest BCUT2D eigenvalue weighted by Gasteiger charge is -2.23. The summed E-state index contributed by atoms with van der Waals surface area (Å²) in [5.41, 5.74) is 0.355. The van der Waals surface area contributed by atoms with Crippen molar-refractivity contribution in [3.63, 3.8) is 0 Å². The number of fused-ring (bicyclic) bond motifs is 1. The third-order valence-electron chi connectivity index (χ3n) is 5.30. The van der Waals surface area contributed by atoms with Gasteiger partial charge < -0.3 is 20.7 Å². The number of carbonyl (C=O) groups is 2. The van der Waals surface area contributed by atoms with Crippen LogP contribution in [-0.4, -0.2) is 33.8 Å². The van der Waals surface area contributed by atoms with Gasteiger partial charge in [0.2, 0.25) is 17.8 Å². The molecule has 0 spiro atoms. The molecule has 3 aromatic rings. The lowest BCUT2D eigenvalue weighted by Crippen LogP contribution is -2.36.